The van der Waals surface area contributed by atoms with Crippen LogP contribution in [0.3, 0.4) is 0 Å². The highest BCUT2D eigenvalue weighted by Crippen LogP contribution is 2.24. The van der Waals surface area contributed by atoms with Gasteiger partial charge >= 0.3 is 6.36 Å². The standard InChI is InChI=1S/C18H15F3N4O2/c1-25(11-12-6-5-9-14(10-12)27-18(19,20)21)17(26)16-15(22-24-23-16)13-7-3-2-4-8-13/h2-10H,11H2,1H3,(H,22,23,24). The van der Waals surface area contributed by atoms with Crippen molar-refractivity contribution in [3.05, 3.63) is 65.9 Å². The summed E-state index contributed by atoms with van der Waals surface area (Å²) in [6, 6.07) is 14.5. The number of carbonyl (C=O) groups excluding carboxylic acids is 1. The summed E-state index contributed by atoms with van der Waals surface area (Å²) in [5.74, 6) is -0.753. The number of nitrogens with zero attached hydrogens (tertiary/aromatic N) is 3. The zero-order valence-corrected chi connectivity index (χ0v) is 14.2. The number of hydrogen-bond donors (Lipinski definition) is 1. The van der Waals surface area contributed by atoms with E-state index >= 15 is 0 Å². The maximum Gasteiger partial charge on any atom is 0.573 e. The normalized spacial score (nSPS) is 11.3. The van der Waals surface area contributed by atoms with Gasteiger partial charge in [0.1, 0.15) is 11.4 Å². The third kappa shape index (κ3) is 4.63. The number of H-pyrrole nitrogens is 1. The van der Waals surface area contributed by atoms with Gasteiger partial charge in [-0.15, -0.1) is 13.2 Å². The summed E-state index contributed by atoms with van der Waals surface area (Å²) in [4.78, 5) is 14.1. The number of amides is 1. The lowest BCUT2D eigenvalue weighted by atomic mass is 10.1. The van der Waals surface area contributed by atoms with Crippen molar-refractivity contribution in [1.82, 2.24) is 20.3 Å². The van der Waals surface area contributed by atoms with Crippen molar-refractivity contribution in [1.29, 1.82) is 0 Å². The van der Waals surface area contributed by atoms with Crippen molar-refractivity contribution < 1.29 is 22.7 Å². The van der Waals surface area contributed by atoms with Gasteiger partial charge in [0, 0.05) is 19.2 Å². The summed E-state index contributed by atoms with van der Waals surface area (Å²) in [5, 5.41) is 10.4. The highest BCUT2D eigenvalue weighted by atomic mass is 19.4. The number of ether oxygens (including phenoxy) is 1. The lowest BCUT2D eigenvalue weighted by Crippen LogP contribution is -2.27. The van der Waals surface area contributed by atoms with E-state index in [0.29, 0.717) is 11.3 Å². The van der Waals surface area contributed by atoms with Crippen molar-refractivity contribution in [2.75, 3.05) is 7.05 Å². The maximum atomic E-state index is 12.7. The summed E-state index contributed by atoms with van der Waals surface area (Å²) in [5.41, 5.74) is 1.74. The number of aromatic amines is 1. The second-order valence-electron chi connectivity index (χ2n) is 5.74. The predicted molar refractivity (Wildman–Crippen MR) is 90.7 cm³/mol. The van der Waals surface area contributed by atoms with Crippen LogP contribution in [0.4, 0.5) is 13.2 Å². The van der Waals surface area contributed by atoms with Crippen LogP contribution in [0.1, 0.15) is 16.1 Å². The van der Waals surface area contributed by atoms with E-state index in [2.05, 4.69) is 20.1 Å². The van der Waals surface area contributed by atoms with Crippen molar-refractivity contribution in [3.8, 4) is 17.0 Å². The van der Waals surface area contributed by atoms with Crippen molar-refractivity contribution in [3.63, 3.8) is 0 Å². The van der Waals surface area contributed by atoms with Crippen molar-refractivity contribution in [2.45, 2.75) is 12.9 Å². The number of aromatic nitrogens is 3. The third-order valence-corrected chi connectivity index (χ3v) is 3.70. The van der Waals surface area contributed by atoms with Gasteiger partial charge in [0.15, 0.2) is 5.69 Å². The van der Waals surface area contributed by atoms with Crippen LogP contribution in [0.25, 0.3) is 11.3 Å². The van der Waals surface area contributed by atoms with Gasteiger partial charge in [0.25, 0.3) is 5.91 Å². The zero-order valence-electron chi connectivity index (χ0n) is 14.2. The minimum absolute atomic E-state index is 0.0784. The smallest absolute Gasteiger partial charge is 0.406 e. The van der Waals surface area contributed by atoms with Gasteiger partial charge in [-0.05, 0) is 17.7 Å². The molecule has 0 saturated heterocycles. The fourth-order valence-corrected chi connectivity index (χ4v) is 2.54. The lowest BCUT2D eigenvalue weighted by Gasteiger charge is -2.17. The van der Waals surface area contributed by atoms with E-state index in [1.807, 2.05) is 18.2 Å². The number of halogens is 3. The zero-order chi connectivity index (χ0) is 19.4. The summed E-state index contributed by atoms with van der Waals surface area (Å²) in [6.07, 6.45) is -4.77. The molecular weight excluding hydrogens is 361 g/mol. The Morgan fingerprint density at radius 2 is 1.85 bits per heavy atom. The first-order valence-corrected chi connectivity index (χ1v) is 7.90. The van der Waals surface area contributed by atoms with E-state index < -0.39 is 12.3 Å². The molecule has 1 aromatic heterocycles. The number of nitrogens with one attached hydrogen (secondary N) is 1. The summed E-state index contributed by atoms with van der Waals surface area (Å²) in [6.45, 7) is 0.0784. The van der Waals surface area contributed by atoms with Crippen molar-refractivity contribution in [2.24, 2.45) is 0 Å². The van der Waals surface area contributed by atoms with Gasteiger partial charge in [-0.1, -0.05) is 42.5 Å². The summed E-state index contributed by atoms with van der Waals surface area (Å²) >= 11 is 0. The molecule has 27 heavy (non-hydrogen) atoms. The maximum absolute atomic E-state index is 12.7. The molecule has 1 amide bonds. The number of rotatable bonds is 5. The van der Waals surface area contributed by atoms with Gasteiger partial charge in [-0.25, -0.2) is 0 Å². The molecule has 3 aromatic rings. The second kappa shape index (κ2) is 7.48. The molecule has 0 atom stereocenters. The molecule has 6 nitrogen and oxygen atoms in total. The van der Waals surface area contributed by atoms with Gasteiger partial charge in [-0.3, -0.25) is 4.79 Å². The molecule has 0 radical (unpaired) electrons. The Morgan fingerprint density at radius 1 is 1.11 bits per heavy atom. The fraction of sp³-hybridized carbons (Fsp3) is 0.167. The topological polar surface area (TPSA) is 71.1 Å². The number of benzene rings is 2. The molecule has 9 heteroatoms. The quantitative estimate of drug-likeness (QED) is 0.738. The molecule has 1 N–H and O–H groups in total. The molecule has 0 saturated carbocycles. The molecule has 0 aliphatic heterocycles. The van der Waals surface area contributed by atoms with Crippen LogP contribution in [-0.4, -0.2) is 39.6 Å². The number of carbonyl (C=O) groups is 1. The Kier molecular flexibility index (Phi) is 5.11. The molecule has 0 bridgehead atoms. The average molecular weight is 376 g/mol. The molecule has 0 unspecified atom stereocenters. The van der Waals surface area contributed by atoms with Gasteiger partial charge in [-0.2, -0.15) is 15.4 Å². The summed E-state index contributed by atoms with van der Waals surface area (Å²) in [7, 11) is 1.53. The number of alkyl halides is 3. The number of hydrogen-bond acceptors (Lipinski definition) is 4. The third-order valence-electron chi connectivity index (χ3n) is 3.70. The monoisotopic (exact) mass is 376 g/mol. The molecule has 0 aliphatic rings. The Bertz CT molecular complexity index is 926. The van der Waals surface area contributed by atoms with Crippen LogP contribution in [0.5, 0.6) is 5.75 Å². The molecule has 3 rings (SSSR count). The van der Waals surface area contributed by atoms with E-state index in [-0.39, 0.29) is 18.0 Å². The van der Waals surface area contributed by atoms with E-state index in [9.17, 15) is 18.0 Å². The Labute approximate surface area is 152 Å². The van der Waals surface area contributed by atoms with Crippen LogP contribution in [0, 0.1) is 0 Å². The molecule has 2 aromatic carbocycles. The molecule has 140 valence electrons. The largest absolute Gasteiger partial charge is 0.573 e. The molecular formula is C18H15F3N4O2. The fourth-order valence-electron chi connectivity index (χ4n) is 2.54. The summed E-state index contributed by atoms with van der Waals surface area (Å²) < 4.78 is 41.0. The van der Waals surface area contributed by atoms with E-state index in [1.165, 1.54) is 30.1 Å². The average Bonchev–Trinajstić information content (AvgIpc) is 3.10. The second-order valence-corrected chi connectivity index (χ2v) is 5.74. The highest BCUT2D eigenvalue weighted by molar-refractivity contribution is 5.97. The SMILES string of the molecule is CN(Cc1cccc(OC(F)(F)F)c1)C(=O)c1n[nH]nc1-c1ccccc1. The predicted octanol–water partition coefficient (Wildman–Crippen LogP) is 3.64. The van der Waals surface area contributed by atoms with Gasteiger partial charge in [0.2, 0.25) is 0 Å². The minimum atomic E-state index is -4.77. The minimum Gasteiger partial charge on any atom is -0.406 e. The van der Waals surface area contributed by atoms with Crippen LogP contribution in [0.15, 0.2) is 54.6 Å². The lowest BCUT2D eigenvalue weighted by molar-refractivity contribution is -0.274. The highest BCUT2D eigenvalue weighted by Gasteiger charge is 2.31. The molecule has 0 aliphatic carbocycles. The van der Waals surface area contributed by atoms with Crippen LogP contribution in [-0.2, 0) is 6.54 Å². The molecule has 0 spiro atoms. The van der Waals surface area contributed by atoms with E-state index in [1.54, 1.807) is 18.2 Å². The van der Waals surface area contributed by atoms with E-state index in [0.717, 1.165) is 5.56 Å². The Hall–Kier alpha value is -3.36. The van der Waals surface area contributed by atoms with Gasteiger partial charge in [0.05, 0.1) is 0 Å². The van der Waals surface area contributed by atoms with Crippen LogP contribution >= 0.6 is 0 Å². The van der Waals surface area contributed by atoms with E-state index in [4.69, 9.17) is 0 Å². The first-order valence-electron chi connectivity index (χ1n) is 7.90. The Balaban J connectivity index is 1.76. The van der Waals surface area contributed by atoms with Crippen molar-refractivity contribution >= 4 is 5.91 Å². The molecule has 1 heterocycles. The van der Waals surface area contributed by atoms with Crippen LogP contribution in [0.2, 0.25) is 0 Å². The van der Waals surface area contributed by atoms with Gasteiger partial charge < -0.3 is 9.64 Å². The first-order chi connectivity index (χ1) is 12.8. The first kappa shape index (κ1) is 18.4. The Morgan fingerprint density at radius 3 is 2.56 bits per heavy atom. The molecule has 0 fully saturated rings. The van der Waals surface area contributed by atoms with Crippen LogP contribution < -0.4 is 4.74 Å².